The number of hydrogen-bond acceptors (Lipinski definition) is 8. The summed E-state index contributed by atoms with van der Waals surface area (Å²) in [6.45, 7) is 17.5. The number of amides is 1. The number of ether oxygens (including phenoxy) is 3. The minimum atomic E-state index is -1.41. The molecular weight excluding hydrogens is 528 g/mol. The van der Waals surface area contributed by atoms with Crippen LogP contribution in [0.5, 0.6) is 5.75 Å². The molecule has 1 aliphatic heterocycles. The van der Waals surface area contributed by atoms with Gasteiger partial charge in [0.15, 0.2) is 0 Å². The van der Waals surface area contributed by atoms with Gasteiger partial charge in [0.25, 0.3) is 5.91 Å². The maximum atomic E-state index is 14.7. The molecule has 1 aliphatic rings. The van der Waals surface area contributed by atoms with Crippen molar-refractivity contribution < 1.29 is 28.6 Å². The lowest BCUT2D eigenvalue weighted by Gasteiger charge is -2.41. The first kappa shape index (κ1) is 31.6. The van der Waals surface area contributed by atoms with Crippen molar-refractivity contribution in [3.8, 4) is 5.75 Å². The summed E-state index contributed by atoms with van der Waals surface area (Å²) in [5.41, 5.74) is -1.12. The largest absolute Gasteiger partial charge is 0.496 e. The molecule has 3 rings (SSSR count). The number of methoxy groups -OCH3 is 1. The van der Waals surface area contributed by atoms with Gasteiger partial charge in [-0.05, 0) is 69.6 Å². The standard InChI is InChI=1S/C31H44N2O6S/c1-11-38-27(35)21-18-31(17-19(2)3,28(36)39-30(7,8)9)33(24(21)25-32-14-15-40-25)26(34)20-12-13-22(29(4,5)6)23(16-20)37-10/h12-16,19,21,24H,11,17-18H2,1-10H3/t21-,24+,31-/m0/s1. The number of carbonyl (C=O) groups is 3. The Hall–Kier alpha value is -2.94. The Morgan fingerprint density at radius 2 is 1.82 bits per heavy atom. The summed E-state index contributed by atoms with van der Waals surface area (Å²) in [6.07, 6.45) is 2.02. The molecule has 1 aromatic carbocycles. The van der Waals surface area contributed by atoms with Crippen LogP contribution in [0.4, 0.5) is 0 Å². The first-order valence-corrected chi connectivity index (χ1v) is 14.7. The zero-order valence-corrected chi connectivity index (χ0v) is 26.3. The van der Waals surface area contributed by atoms with Crippen molar-refractivity contribution in [2.24, 2.45) is 11.8 Å². The van der Waals surface area contributed by atoms with Gasteiger partial charge in [-0.1, -0.05) is 40.7 Å². The Kier molecular flexibility index (Phi) is 9.39. The molecule has 0 spiro atoms. The Morgan fingerprint density at radius 1 is 1.15 bits per heavy atom. The topological polar surface area (TPSA) is 95.0 Å². The van der Waals surface area contributed by atoms with Crippen LogP contribution in [0.2, 0.25) is 0 Å². The number of carbonyl (C=O) groups excluding carboxylic acids is 3. The van der Waals surface area contributed by atoms with Crippen molar-refractivity contribution in [2.75, 3.05) is 13.7 Å². The van der Waals surface area contributed by atoms with Crippen molar-refractivity contribution >= 4 is 29.2 Å². The zero-order chi connectivity index (χ0) is 30.0. The van der Waals surface area contributed by atoms with Crippen molar-refractivity contribution in [3.63, 3.8) is 0 Å². The summed E-state index contributed by atoms with van der Waals surface area (Å²) in [7, 11) is 1.58. The summed E-state index contributed by atoms with van der Waals surface area (Å²) >= 11 is 1.34. The highest BCUT2D eigenvalue weighted by Gasteiger charge is 2.62. The van der Waals surface area contributed by atoms with Crippen LogP contribution in [0.25, 0.3) is 0 Å². The van der Waals surface area contributed by atoms with E-state index in [1.165, 1.54) is 11.3 Å². The first-order chi connectivity index (χ1) is 18.6. The van der Waals surface area contributed by atoms with E-state index in [9.17, 15) is 14.4 Å². The molecule has 0 N–H and O–H groups in total. The van der Waals surface area contributed by atoms with Gasteiger partial charge in [-0.2, -0.15) is 0 Å². The quantitative estimate of drug-likeness (QED) is 0.341. The van der Waals surface area contributed by atoms with Crippen LogP contribution in [0.1, 0.15) is 102 Å². The number of rotatable bonds is 8. The lowest BCUT2D eigenvalue weighted by molar-refractivity contribution is -0.168. The highest BCUT2D eigenvalue weighted by Crippen LogP contribution is 2.52. The summed E-state index contributed by atoms with van der Waals surface area (Å²) in [5.74, 6) is -1.59. The van der Waals surface area contributed by atoms with E-state index in [1.54, 1.807) is 63.4 Å². The summed E-state index contributed by atoms with van der Waals surface area (Å²) in [4.78, 5) is 48.4. The van der Waals surface area contributed by atoms with Gasteiger partial charge in [-0.3, -0.25) is 9.59 Å². The molecule has 1 saturated heterocycles. The maximum Gasteiger partial charge on any atom is 0.332 e. The van der Waals surface area contributed by atoms with Gasteiger partial charge in [0.2, 0.25) is 0 Å². The number of hydrogen-bond donors (Lipinski definition) is 0. The van der Waals surface area contributed by atoms with Gasteiger partial charge in [0.05, 0.1) is 25.7 Å². The molecule has 0 saturated carbocycles. The second-order valence-electron chi connectivity index (χ2n) is 12.8. The van der Waals surface area contributed by atoms with E-state index in [4.69, 9.17) is 14.2 Å². The SMILES string of the molecule is CCOC(=O)[C@H]1C[C@@](CC(C)C)(C(=O)OC(C)(C)C)N(C(=O)c2ccc(C(C)(C)C)c(OC)c2)[C@H]1c1nccs1. The minimum Gasteiger partial charge on any atom is -0.496 e. The van der Waals surface area contributed by atoms with Gasteiger partial charge in [-0.25, -0.2) is 9.78 Å². The smallest absolute Gasteiger partial charge is 0.332 e. The monoisotopic (exact) mass is 572 g/mol. The molecule has 0 aliphatic carbocycles. The second-order valence-corrected chi connectivity index (χ2v) is 13.8. The van der Waals surface area contributed by atoms with Gasteiger partial charge in [0, 0.05) is 17.1 Å². The Morgan fingerprint density at radius 3 is 2.33 bits per heavy atom. The van der Waals surface area contributed by atoms with Gasteiger partial charge in [-0.15, -0.1) is 11.3 Å². The molecule has 1 amide bonds. The molecule has 1 aromatic heterocycles. The van der Waals surface area contributed by atoms with Crippen LogP contribution >= 0.6 is 11.3 Å². The molecule has 9 heteroatoms. The summed E-state index contributed by atoms with van der Waals surface area (Å²) < 4.78 is 17.2. The number of nitrogens with zero attached hydrogens (tertiary/aromatic N) is 2. The van der Waals surface area contributed by atoms with E-state index in [-0.39, 0.29) is 24.4 Å². The fraction of sp³-hybridized carbons (Fsp3) is 0.613. The number of benzene rings is 1. The van der Waals surface area contributed by atoms with Crippen molar-refractivity contribution in [1.29, 1.82) is 0 Å². The Labute approximate surface area is 242 Å². The number of likely N-dealkylation sites (tertiary alicyclic amines) is 1. The van der Waals surface area contributed by atoms with E-state index in [0.717, 1.165) is 5.56 Å². The Balaban J connectivity index is 2.30. The van der Waals surface area contributed by atoms with E-state index < -0.39 is 40.9 Å². The van der Waals surface area contributed by atoms with E-state index >= 15 is 0 Å². The average molecular weight is 573 g/mol. The normalized spacial score (nSPS) is 21.4. The third kappa shape index (κ3) is 6.51. The van der Waals surface area contributed by atoms with Crippen LogP contribution in [-0.4, -0.2) is 52.6 Å². The maximum absolute atomic E-state index is 14.7. The number of esters is 2. The van der Waals surface area contributed by atoms with E-state index in [1.807, 2.05) is 19.9 Å². The van der Waals surface area contributed by atoms with Crippen molar-refractivity contribution in [2.45, 2.75) is 97.8 Å². The third-order valence-electron chi connectivity index (χ3n) is 6.97. The van der Waals surface area contributed by atoms with Gasteiger partial charge in [0.1, 0.15) is 21.9 Å². The minimum absolute atomic E-state index is 0.0125. The van der Waals surface area contributed by atoms with Gasteiger partial charge >= 0.3 is 11.9 Å². The number of thiazole rings is 1. The molecule has 220 valence electrons. The van der Waals surface area contributed by atoms with E-state index in [2.05, 4.69) is 25.8 Å². The highest BCUT2D eigenvalue weighted by atomic mass is 32.1. The molecule has 0 radical (unpaired) electrons. The van der Waals surface area contributed by atoms with E-state index in [0.29, 0.717) is 22.7 Å². The lowest BCUT2D eigenvalue weighted by atomic mass is 9.83. The third-order valence-corrected chi connectivity index (χ3v) is 7.82. The first-order valence-electron chi connectivity index (χ1n) is 13.9. The molecule has 0 unspecified atom stereocenters. The molecule has 40 heavy (non-hydrogen) atoms. The zero-order valence-electron chi connectivity index (χ0n) is 25.5. The molecule has 0 bridgehead atoms. The second kappa shape index (κ2) is 11.9. The molecule has 1 fully saturated rings. The predicted molar refractivity (Wildman–Crippen MR) is 155 cm³/mol. The summed E-state index contributed by atoms with van der Waals surface area (Å²) in [5, 5.41) is 2.37. The fourth-order valence-corrected chi connectivity index (χ4v) is 6.34. The van der Waals surface area contributed by atoms with Gasteiger partial charge < -0.3 is 19.1 Å². The fourth-order valence-electron chi connectivity index (χ4n) is 5.54. The summed E-state index contributed by atoms with van der Waals surface area (Å²) in [6, 6.07) is 4.57. The van der Waals surface area contributed by atoms with Crippen LogP contribution in [-0.2, 0) is 24.5 Å². The Bertz CT molecular complexity index is 1210. The number of aromatic nitrogens is 1. The van der Waals surface area contributed by atoms with Crippen LogP contribution in [0, 0.1) is 11.8 Å². The molecule has 2 heterocycles. The average Bonchev–Trinajstić information content (AvgIpc) is 3.48. The molecule has 2 aromatic rings. The van der Waals surface area contributed by atoms with Crippen LogP contribution < -0.4 is 4.74 Å². The highest BCUT2D eigenvalue weighted by molar-refractivity contribution is 7.09. The lowest BCUT2D eigenvalue weighted by Crippen LogP contribution is -2.56. The molecule has 8 nitrogen and oxygen atoms in total. The van der Waals surface area contributed by atoms with Crippen molar-refractivity contribution in [1.82, 2.24) is 9.88 Å². The van der Waals surface area contributed by atoms with Crippen LogP contribution in [0.15, 0.2) is 29.8 Å². The van der Waals surface area contributed by atoms with Crippen LogP contribution in [0.3, 0.4) is 0 Å². The molecular formula is C31H44N2O6S. The predicted octanol–water partition coefficient (Wildman–Crippen LogP) is 6.34. The molecule has 3 atom stereocenters. The van der Waals surface area contributed by atoms with Crippen molar-refractivity contribution in [3.05, 3.63) is 45.9 Å².